The molecule has 1 aliphatic heterocycles. The summed E-state index contributed by atoms with van der Waals surface area (Å²) in [5, 5.41) is 0. The Hall–Kier alpha value is -3.48. The summed E-state index contributed by atoms with van der Waals surface area (Å²) in [5.74, 6) is -1.34. The van der Waals surface area contributed by atoms with Gasteiger partial charge < -0.3 is 15.5 Å². The molecule has 1 saturated heterocycles. The minimum absolute atomic E-state index is 0.0772. The van der Waals surface area contributed by atoms with Crippen LogP contribution in [0.25, 0.3) is 5.57 Å². The molecular formula is C24H27FN4O2. The molecule has 1 heterocycles. The average Bonchev–Trinajstić information content (AvgIpc) is 2.77. The van der Waals surface area contributed by atoms with E-state index in [0.717, 1.165) is 11.4 Å². The molecule has 0 saturated carbocycles. The number of hydrogen-bond donors (Lipinski definition) is 1. The van der Waals surface area contributed by atoms with Gasteiger partial charge in [-0.25, -0.2) is 4.39 Å². The molecule has 0 aromatic heterocycles. The standard InChI is InChI=1S/C24H27FN4O2/c1-16(2)27-23(18-8-5-4-6-9-18)28-12-14-29(15-13-28)24(31)22(30)17(3)21-19(25)10-7-11-20(21)26/h4-11,16H,3,12-15,26H2,1-2H3. The molecule has 2 N–H and O–H groups in total. The van der Waals surface area contributed by atoms with Crippen LogP contribution in [-0.4, -0.2) is 59.5 Å². The third-order valence-electron chi connectivity index (χ3n) is 5.09. The maximum atomic E-state index is 14.1. The van der Waals surface area contributed by atoms with E-state index in [1.54, 1.807) is 0 Å². The molecule has 3 rings (SSSR count). The highest BCUT2D eigenvalue weighted by molar-refractivity contribution is 6.53. The van der Waals surface area contributed by atoms with E-state index in [4.69, 9.17) is 10.7 Å². The Bertz CT molecular complexity index is 989. The fraction of sp³-hybridized carbons (Fsp3) is 0.292. The zero-order valence-electron chi connectivity index (χ0n) is 17.8. The normalized spacial score (nSPS) is 14.6. The molecule has 1 fully saturated rings. The van der Waals surface area contributed by atoms with Crippen molar-refractivity contribution in [3.8, 4) is 0 Å². The van der Waals surface area contributed by atoms with Crippen LogP contribution in [0.15, 0.2) is 60.1 Å². The van der Waals surface area contributed by atoms with Crippen molar-refractivity contribution >= 4 is 28.8 Å². The number of nitrogen functional groups attached to an aromatic ring is 1. The van der Waals surface area contributed by atoms with E-state index in [0.29, 0.717) is 26.2 Å². The number of carbonyl (C=O) groups excluding carboxylic acids is 2. The number of benzene rings is 2. The maximum absolute atomic E-state index is 14.1. The maximum Gasteiger partial charge on any atom is 0.295 e. The van der Waals surface area contributed by atoms with Crippen molar-refractivity contribution in [2.45, 2.75) is 19.9 Å². The third-order valence-corrected chi connectivity index (χ3v) is 5.09. The molecule has 2 aromatic carbocycles. The molecule has 31 heavy (non-hydrogen) atoms. The number of rotatable bonds is 5. The van der Waals surface area contributed by atoms with Gasteiger partial charge in [0.05, 0.1) is 0 Å². The van der Waals surface area contributed by atoms with E-state index in [1.807, 2.05) is 44.2 Å². The van der Waals surface area contributed by atoms with Crippen molar-refractivity contribution in [2.75, 3.05) is 31.9 Å². The second kappa shape index (κ2) is 9.55. The third kappa shape index (κ3) is 4.99. The number of amides is 1. The highest BCUT2D eigenvalue weighted by Gasteiger charge is 2.30. The lowest BCUT2D eigenvalue weighted by Gasteiger charge is -2.36. The summed E-state index contributed by atoms with van der Waals surface area (Å²) in [6, 6.07) is 14.1. The van der Waals surface area contributed by atoms with E-state index in [2.05, 4.69) is 11.5 Å². The summed E-state index contributed by atoms with van der Waals surface area (Å²) < 4.78 is 14.1. The first-order chi connectivity index (χ1) is 14.8. The summed E-state index contributed by atoms with van der Waals surface area (Å²) in [5.41, 5.74) is 6.53. The number of carbonyl (C=O) groups is 2. The number of nitrogens with zero attached hydrogens (tertiary/aromatic N) is 3. The number of nitrogens with two attached hydrogens (primary N) is 1. The van der Waals surface area contributed by atoms with Gasteiger partial charge in [-0.2, -0.15) is 0 Å². The minimum Gasteiger partial charge on any atom is -0.398 e. The van der Waals surface area contributed by atoms with Crippen LogP contribution in [0.1, 0.15) is 25.0 Å². The SMILES string of the molecule is C=C(C(=O)C(=O)N1CCN(C(=NC(C)C)c2ccccc2)CC1)c1c(N)cccc1F. The predicted octanol–water partition coefficient (Wildman–Crippen LogP) is 2.99. The molecule has 1 aliphatic rings. The lowest BCUT2D eigenvalue weighted by atomic mass is 10.00. The van der Waals surface area contributed by atoms with Gasteiger partial charge in [-0.1, -0.05) is 43.0 Å². The van der Waals surface area contributed by atoms with Gasteiger partial charge in [-0.05, 0) is 26.0 Å². The van der Waals surface area contributed by atoms with Gasteiger partial charge in [0.15, 0.2) is 0 Å². The van der Waals surface area contributed by atoms with E-state index < -0.39 is 17.5 Å². The number of Topliss-reactive ketones (excluding diaryl/α,β-unsaturated/α-hetero) is 1. The summed E-state index contributed by atoms with van der Waals surface area (Å²) in [6.07, 6.45) is 0. The Morgan fingerprint density at radius 3 is 2.19 bits per heavy atom. The summed E-state index contributed by atoms with van der Waals surface area (Å²) in [6.45, 7) is 9.44. The van der Waals surface area contributed by atoms with Crippen molar-refractivity contribution in [1.29, 1.82) is 0 Å². The van der Waals surface area contributed by atoms with Crippen LogP contribution < -0.4 is 5.73 Å². The van der Waals surface area contributed by atoms with Crippen molar-refractivity contribution in [3.63, 3.8) is 0 Å². The van der Waals surface area contributed by atoms with Crippen molar-refractivity contribution in [2.24, 2.45) is 4.99 Å². The van der Waals surface area contributed by atoms with Crippen molar-refractivity contribution in [1.82, 2.24) is 9.80 Å². The Labute approximate surface area is 181 Å². The topological polar surface area (TPSA) is 79.0 Å². The minimum atomic E-state index is -0.843. The first-order valence-corrected chi connectivity index (χ1v) is 10.2. The van der Waals surface area contributed by atoms with E-state index in [-0.39, 0.29) is 22.9 Å². The van der Waals surface area contributed by atoms with E-state index >= 15 is 0 Å². The fourth-order valence-corrected chi connectivity index (χ4v) is 3.54. The van der Waals surface area contributed by atoms with Crippen LogP contribution in [0.2, 0.25) is 0 Å². The lowest BCUT2D eigenvalue weighted by Crippen LogP contribution is -2.52. The fourth-order valence-electron chi connectivity index (χ4n) is 3.54. The molecule has 0 spiro atoms. The van der Waals surface area contributed by atoms with Crippen LogP contribution >= 0.6 is 0 Å². The molecule has 0 unspecified atom stereocenters. The highest BCUT2D eigenvalue weighted by Crippen LogP contribution is 2.25. The Kier molecular flexibility index (Phi) is 6.84. The van der Waals surface area contributed by atoms with Gasteiger partial charge >= 0.3 is 0 Å². The van der Waals surface area contributed by atoms with Gasteiger partial charge in [0.1, 0.15) is 11.7 Å². The molecule has 2 aromatic rings. The molecule has 0 bridgehead atoms. The number of ketones is 1. The number of aliphatic imine (C=N–C) groups is 1. The number of anilines is 1. The van der Waals surface area contributed by atoms with Gasteiger partial charge in [-0.15, -0.1) is 0 Å². The zero-order valence-corrected chi connectivity index (χ0v) is 17.8. The number of piperazine rings is 1. The van der Waals surface area contributed by atoms with E-state index in [1.165, 1.54) is 23.1 Å². The average molecular weight is 423 g/mol. The smallest absolute Gasteiger partial charge is 0.295 e. The summed E-state index contributed by atoms with van der Waals surface area (Å²) >= 11 is 0. The monoisotopic (exact) mass is 422 g/mol. The zero-order chi connectivity index (χ0) is 22.5. The highest BCUT2D eigenvalue weighted by atomic mass is 19.1. The predicted molar refractivity (Wildman–Crippen MR) is 121 cm³/mol. The Morgan fingerprint density at radius 1 is 1.00 bits per heavy atom. The largest absolute Gasteiger partial charge is 0.398 e. The number of amidine groups is 1. The second-order valence-electron chi connectivity index (χ2n) is 7.70. The lowest BCUT2D eigenvalue weighted by molar-refractivity contribution is -0.142. The summed E-state index contributed by atoms with van der Waals surface area (Å²) in [7, 11) is 0. The van der Waals surface area contributed by atoms with Crippen molar-refractivity contribution in [3.05, 3.63) is 72.1 Å². The van der Waals surface area contributed by atoms with Gasteiger partial charge in [-0.3, -0.25) is 14.6 Å². The van der Waals surface area contributed by atoms with E-state index in [9.17, 15) is 14.0 Å². The first-order valence-electron chi connectivity index (χ1n) is 10.2. The van der Waals surface area contributed by atoms with Crippen LogP contribution in [0.4, 0.5) is 10.1 Å². The molecule has 0 aliphatic carbocycles. The molecule has 0 atom stereocenters. The first kappa shape index (κ1) is 22.2. The number of halogens is 1. The van der Waals surface area contributed by atoms with Crippen LogP contribution in [0, 0.1) is 5.82 Å². The molecule has 7 heteroatoms. The van der Waals surface area contributed by atoms with Crippen LogP contribution in [0.3, 0.4) is 0 Å². The van der Waals surface area contributed by atoms with Gasteiger partial charge in [0, 0.05) is 54.6 Å². The molecular weight excluding hydrogens is 395 g/mol. The molecule has 6 nitrogen and oxygen atoms in total. The Morgan fingerprint density at radius 2 is 1.61 bits per heavy atom. The molecule has 0 radical (unpaired) electrons. The Balaban J connectivity index is 1.70. The van der Waals surface area contributed by atoms with Gasteiger partial charge in [0.2, 0.25) is 0 Å². The molecule has 162 valence electrons. The number of hydrogen-bond acceptors (Lipinski definition) is 4. The second-order valence-corrected chi connectivity index (χ2v) is 7.70. The quantitative estimate of drug-likeness (QED) is 0.264. The van der Waals surface area contributed by atoms with Crippen molar-refractivity contribution < 1.29 is 14.0 Å². The van der Waals surface area contributed by atoms with Crippen LogP contribution in [-0.2, 0) is 9.59 Å². The van der Waals surface area contributed by atoms with Gasteiger partial charge in [0.25, 0.3) is 11.7 Å². The van der Waals surface area contributed by atoms with Crippen LogP contribution in [0.5, 0.6) is 0 Å². The molecule has 1 amide bonds. The summed E-state index contributed by atoms with van der Waals surface area (Å²) in [4.78, 5) is 33.8.